The number of rotatable bonds is 0. The third-order valence-electron chi connectivity index (χ3n) is 1.94. The Kier molecular flexibility index (Phi) is 1.15. The van der Waals surface area contributed by atoms with E-state index in [0.717, 1.165) is 0 Å². The van der Waals surface area contributed by atoms with Crippen molar-refractivity contribution >= 4 is 5.78 Å². The molecule has 3 heteroatoms. The molecule has 0 amide bonds. The third kappa shape index (κ3) is 0.618. The van der Waals surface area contributed by atoms with Crippen LogP contribution in [0.5, 0.6) is 0 Å². The maximum atomic E-state index is 10.7. The third-order valence-corrected chi connectivity index (χ3v) is 1.94. The molecule has 0 bridgehead atoms. The van der Waals surface area contributed by atoms with Gasteiger partial charge >= 0.3 is 0 Å². The molecule has 1 aliphatic carbocycles. The highest BCUT2D eigenvalue weighted by molar-refractivity contribution is 5.95. The topological polar surface area (TPSA) is 57.5 Å². The molecule has 0 aromatic carbocycles. The first-order chi connectivity index (χ1) is 3.98. The Morgan fingerprint density at radius 3 is 2.00 bits per heavy atom. The number of Topliss-reactive ketones (excluding diaryl/α,β-unsaturated/α-hetero) is 1. The quantitative estimate of drug-likeness (QED) is 0.456. The molecule has 1 saturated carbocycles. The molecule has 9 heavy (non-hydrogen) atoms. The predicted octanol–water partition coefficient (Wildman–Crippen LogP) is -0.683. The zero-order chi connectivity index (χ0) is 7.23. The van der Waals surface area contributed by atoms with Gasteiger partial charge in [-0.2, -0.15) is 0 Å². The summed E-state index contributed by atoms with van der Waals surface area (Å²) >= 11 is 0. The van der Waals surface area contributed by atoms with Crippen LogP contribution in [0.25, 0.3) is 0 Å². The fourth-order valence-electron chi connectivity index (χ4n) is 0.969. The molecule has 0 heterocycles. The van der Waals surface area contributed by atoms with E-state index >= 15 is 0 Å². The summed E-state index contributed by atoms with van der Waals surface area (Å²) in [6, 6.07) is 0. The van der Waals surface area contributed by atoms with Gasteiger partial charge in [0, 0.05) is 0 Å². The fourth-order valence-corrected chi connectivity index (χ4v) is 0.969. The summed E-state index contributed by atoms with van der Waals surface area (Å²) in [6.07, 6.45) is -2.01. The second kappa shape index (κ2) is 1.55. The molecule has 2 atom stereocenters. The molecule has 0 aromatic heterocycles. The maximum Gasteiger partial charge on any atom is 0.172 e. The molecule has 1 fully saturated rings. The Morgan fingerprint density at radius 2 is 1.89 bits per heavy atom. The lowest BCUT2D eigenvalue weighted by Crippen LogP contribution is -2.62. The van der Waals surface area contributed by atoms with Crippen molar-refractivity contribution in [3.05, 3.63) is 0 Å². The predicted molar refractivity (Wildman–Crippen MR) is 30.8 cm³/mol. The standard InChI is InChI=1S/C6H10O3/c1-6(2)4(8)3(7)5(6)9/h3-4,7-8H,1-2H3. The van der Waals surface area contributed by atoms with Gasteiger partial charge in [-0.1, -0.05) is 13.8 Å². The summed E-state index contributed by atoms with van der Waals surface area (Å²) in [4.78, 5) is 10.7. The molecule has 52 valence electrons. The number of ketones is 1. The average Bonchev–Trinajstić information content (AvgIpc) is 1.84. The molecule has 3 nitrogen and oxygen atoms in total. The monoisotopic (exact) mass is 130 g/mol. The van der Waals surface area contributed by atoms with Crippen LogP contribution in [0.3, 0.4) is 0 Å². The highest BCUT2D eigenvalue weighted by atomic mass is 16.3. The van der Waals surface area contributed by atoms with Crippen molar-refractivity contribution in [3.8, 4) is 0 Å². The van der Waals surface area contributed by atoms with Crippen molar-refractivity contribution in [2.75, 3.05) is 0 Å². The highest BCUT2D eigenvalue weighted by Gasteiger charge is 2.54. The van der Waals surface area contributed by atoms with Gasteiger partial charge in [-0.05, 0) is 0 Å². The summed E-state index contributed by atoms with van der Waals surface area (Å²) < 4.78 is 0. The molecular weight excluding hydrogens is 120 g/mol. The number of hydrogen-bond acceptors (Lipinski definition) is 3. The van der Waals surface area contributed by atoms with E-state index in [4.69, 9.17) is 10.2 Å². The van der Waals surface area contributed by atoms with Crippen LogP contribution in [0.2, 0.25) is 0 Å². The van der Waals surface area contributed by atoms with Gasteiger partial charge in [-0.15, -0.1) is 0 Å². The van der Waals surface area contributed by atoms with Crippen molar-refractivity contribution in [3.63, 3.8) is 0 Å². The molecule has 2 N–H and O–H groups in total. The van der Waals surface area contributed by atoms with E-state index in [1.54, 1.807) is 13.8 Å². The summed E-state index contributed by atoms with van der Waals surface area (Å²) in [5.74, 6) is -0.269. The first-order valence-electron chi connectivity index (χ1n) is 2.88. The zero-order valence-electron chi connectivity index (χ0n) is 5.46. The van der Waals surface area contributed by atoms with Crippen LogP contribution in [0.1, 0.15) is 13.8 Å². The van der Waals surface area contributed by atoms with Gasteiger partial charge in [0.1, 0.15) is 6.10 Å². The summed E-state index contributed by atoms with van der Waals surface area (Å²) in [7, 11) is 0. The van der Waals surface area contributed by atoms with Crippen molar-refractivity contribution in [2.24, 2.45) is 5.41 Å². The number of carbonyl (C=O) groups is 1. The number of aliphatic hydroxyl groups excluding tert-OH is 2. The Morgan fingerprint density at radius 1 is 1.44 bits per heavy atom. The molecule has 0 saturated heterocycles. The minimum atomic E-state index is -1.14. The van der Waals surface area contributed by atoms with E-state index in [-0.39, 0.29) is 5.78 Å². The van der Waals surface area contributed by atoms with Gasteiger partial charge in [-0.3, -0.25) is 4.79 Å². The Balaban J connectivity index is 2.73. The second-order valence-corrected chi connectivity index (χ2v) is 2.98. The van der Waals surface area contributed by atoms with Crippen LogP contribution in [-0.4, -0.2) is 28.2 Å². The molecule has 0 spiro atoms. The van der Waals surface area contributed by atoms with Crippen molar-refractivity contribution in [2.45, 2.75) is 26.1 Å². The molecule has 0 aromatic rings. The van der Waals surface area contributed by atoms with Crippen LogP contribution >= 0.6 is 0 Å². The van der Waals surface area contributed by atoms with E-state index in [2.05, 4.69) is 0 Å². The number of carbonyl (C=O) groups excluding carboxylic acids is 1. The molecule has 0 radical (unpaired) electrons. The average molecular weight is 130 g/mol. The van der Waals surface area contributed by atoms with Crippen molar-refractivity contribution in [1.82, 2.24) is 0 Å². The normalized spacial score (nSPS) is 40.2. The smallest absolute Gasteiger partial charge is 0.172 e. The van der Waals surface area contributed by atoms with E-state index in [1.165, 1.54) is 0 Å². The minimum Gasteiger partial charge on any atom is -0.389 e. The summed E-state index contributed by atoms with van der Waals surface area (Å²) in [5, 5.41) is 17.7. The number of aliphatic hydroxyl groups is 2. The summed E-state index contributed by atoms with van der Waals surface area (Å²) in [6.45, 7) is 3.24. The van der Waals surface area contributed by atoms with Crippen LogP contribution in [0, 0.1) is 5.41 Å². The highest BCUT2D eigenvalue weighted by Crippen LogP contribution is 2.36. The second-order valence-electron chi connectivity index (χ2n) is 2.98. The van der Waals surface area contributed by atoms with E-state index in [1.807, 2.05) is 0 Å². The number of hydrogen-bond donors (Lipinski definition) is 2. The van der Waals surface area contributed by atoms with E-state index < -0.39 is 17.6 Å². The first kappa shape index (κ1) is 6.71. The van der Waals surface area contributed by atoms with Gasteiger partial charge in [-0.25, -0.2) is 0 Å². The van der Waals surface area contributed by atoms with Crippen LogP contribution in [0.15, 0.2) is 0 Å². The van der Waals surface area contributed by atoms with Gasteiger partial charge in [0.2, 0.25) is 0 Å². The van der Waals surface area contributed by atoms with Gasteiger partial charge in [0.05, 0.1) is 11.5 Å². The summed E-state index contributed by atoms with van der Waals surface area (Å²) in [5.41, 5.74) is -0.723. The minimum absolute atomic E-state index is 0.269. The molecule has 2 unspecified atom stereocenters. The lowest BCUT2D eigenvalue weighted by molar-refractivity contribution is -0.178. The Hall–Kier alpha value is -0.410. The van der Waals surface area contributed by atoms with Crippen LogP contribution in [-0.2, 0) is 4.79 Å². The lowest BCUT2D eigenvalue weighted by atomic mass is 9.66. The van der Waals surface area contributed by atoms with E-state index in [0.29, 0.717) is 0 Å². The maximum absolute atomic E-state index is 10.7. The van der Waals surface area contributed by atoms with Crippen LogP contribution in [0.4, 0.5) is 0 Å². The molecule has 1 rings (SSSR count). The van der Waals surface area contributed by atoms with Gasteiger partial charge in [0.25, 0.3) is 0 Å². The van der Waals surface area contributed by atoms with Crippen molar-refractivity contribution in [1.29, 1.82) is 0 Å². The molecule has 1 aliphatic rings. The lowest BCUT2D eigenvalue weighted by Gasteiger charge is -2.42. The Labute approximate surface area is 53.3 Å². The van der Waals surface area contributed by atoms with E-state index in [9.17, 15) is 4.79 Å². The SMILES string of the molecule is CC1(C)C(=O)C(O)C1O. The van der Waals surface area contributed by atoms with Crippen molar-refractivity contribution < 1.29 is 15.0 Å². The fraction of sp³-hybridized carbons (Fsp3) is 0.833. The first-order valence-corrected chi connectivity index (χ1v) is 2.88. The molecule has 0 aliphatic heterocycles. The zero-order valence-corrected chi connectivity index (χ0v) is 5.46. The molecular formula is C6H10O3. The largest absolute Gasteiger partial charge is 0.389 e. The van der Waals surface area contributed by atoms with Gasteiger partial charge in [0.15, 0.2) is 5.78 Å². The van der Waals surface area contributed by atoms with Gasteiger partial charge < -0.3 is 10.2 Å². The van der Waals surface area contributed by atoms with Crippen LogP contribution < -0.4 is 0 Å². The Bertz CT molecular complexity index is 150.